The first-order valence-corrected chi connectivity index (χ1v) is 10.9. The molecule has 1 amide bonds. The maximum atomic E-state index is 12.8. The highest BCUT2D eigenvalue weighted by molar-refractivity contribution is 7.92. The highest BCUT2D eigenvalue weighted by Gasteiger charge is 2.35. The molecule has 0 fully saturated rings. The molecule has 1 N–H and O–H groups in total. The van der Waals surface area contributed by atoms with Gasteiger partial charge in [-0.05, 0) is 43.7 Å². The minimum atomic E-state index is -3.63. The predicted octanol–water partition coefficient (Wildman–Crippen LogP) is 2.34. The lowest BCUT2D eigenvalue weighted by Gasteiger charge is -2.34. The number of hydrogen-bond donors (Lipinski definition) is 1. The Morgan fingerprint density at radius 3 is 2.66 bits per heavy atom. The SMILES string of the molecule is CCOC(=O)c1ccccc1NC(=O)[C@@H]1CN(S(C)(=O)=O)c2cc(C)ccc2O1. The Balaban J connectivity index is 1.88. The van der Waals surface area contributed by atoms with E-state index in [0.717, 1.165) is 16.1 Å². The second kappa shape index (κ2) is 8.12. The zero-order valence-electron chi connectivity index (χ0n) is 16.3. The van der Waals surface area contributed by atoms with Crippen LogP contribution in [-0.4, -0.2) is 45.8 Å². The minimum absolute atomic E-state index is 0.178. The standard InChI is InChI=1S/C20H22N2O6S/c1-4-27-20(24)14-7-5-6-8-15(14)21-19(23)18-12-22(29(3,25)26)16-11-13(2)9-10-17(16)28-18/h5-11,18H,4,12H2,1-3H3,(H,21,23)/t18-/m0/s1. The molecule has 0 saturated carbocycles. The molecular weight excluding hydrogens is 396 g/mol. The van der Waals surface area contributed by atoms with Gasteiger partial charge in [0.25, 0.3) is 5.91 Å². The van der Waals surface area contributed by atoms with Gasteiger partial charge < -0.3 is 14.8 Å². The van der Waals surface area contributed by atoms with Crippen LogP contribution in [0, 0.1) is 6.92 Å². The number of sulfonamides is 1. The molecule has 1 heterocycles. The maximum Gasteiger partial charge on any atom is 0.340 e. The van der Waals surface area contributed by atoms with Crippen molar-refractivity contribution in [3.63, 3.8) is 0 Å². The third-order valence-electron chi connectivity index (χ3n) is 4.36. The van der Waals surface area contributed by atoms with E-state index in [0.29, 0.717) is 11.4 Å². The normalized spacial score (nSPS) is 15.8. The molecule has 2 aromatic rings. The molecule has 154 valence electrons. The summed E-state index contributed by atoms with van der Waals surface area (Å²) in [7, 11) is -3.63. The Morgan fingerprint density at radius 2 is 1.97 bits per heavy atom. The van der Waals surface area contributed by atoms with Crippen molar-refractivity contribution < 1.29 is 27.5 Å². The molecule has 0 aliphatic carbocycles. The molecule has 0 aromatic heterocycles. The van der Waals surface area contributed by atoms with Gasteiger partial charge in [-0.15, -0.1) is 0 Å². The van der Waals surface area contributed by atoms with E-state index in [9.17, 15) is 18.0 Å². The fraction of sp³-hybridized carbons (Fsp3) is 0.300. The number of nitrogens with zero attached hydrogens (tertiary/aromatic N) is 1. The minimum Gasteiger partial charge on any atom is -0.476 e. The Kier molecular flexibility index (Phi) is 5.78. The first-order valence-electron chi connectivity index (χ1n) is 9.02. The number of rotatable bonds is 5. The molecule has 0 unspecified atom stereocenters. The van der Waals surface area contributed by atoms with Gasteiger partial charge in [0.2, 0.25) is 10.0 Å². The van der Waals surface area contributed by atoms with Crippen LogP contribution in [-0.2, 0) is 19.6 Å². The largest absolute Gasteiger partial charge is 0.476 e. The van der Waals surface area contributed by atoms with Crippen LogP contribution in [0.3, 0.4) is 0 Å². The van der Waals surface area contributed by atoms with Gasteiger partial charge in [0.15, 0.2) is 6.10 Å². The predicted molar refractivity (Wildman–Crippen MR) is 109 cm³/mol. The van der Waals surface area contributed by atoms with Crippen LogP contribution < -0.4 is 14.4 Å². The van der Waals surface area contributed by atoms with Crippen LogP contribution in [0.2, 0.25) is 0 Å². The van der Waals surface area contributed by atoms with Crippen LogP contribution >= 0.6 is 0 Å². The van der Waals surface area contributed by atoms with E-state index >= 15 is 0 Å². The van der Waals surface area contributed by atoms with E-state index in [-0.39, 0.29) is 24.4 Å². The lowest BCUT2D eigenvalue weighted by Crippen LogP contribution is -2.48. The zero-order chi connectivity index (χ0) is 21.2. The summed E-state index contributed by atoms with van der Waals surface area (Å²) in [5, 5.41) is 2.65. The second-order valence-electron chi connectivity index (χ2n) is 6.63. The molecule has 0 spiro atoms. The summed E-state index contributed by atoms with van der Waals surface area (Å²) >= 11 is 0. The number of fused-ring (bicyclic) bond motifs is 1. The Morgan fingerprint density at radius 1 is 1.24 bits per heavy atom. The molecule has 0 saturated heterocycles. The highest BCUT2D eigenvalue weighted by Crippen LogP contribution is 2.36. The van der Waals surface area contributed by atoms with Crippen LogP contribution in [0.25, 0.3) is 0 Å². The van der Waals surface area contributed by atoms with Gasteiger partial charge in [0, 0.05) is 0 Å². The summed E-state index contributed by atoms with van der Waals surface area (Å²) < 4.78 is 36.5. The monoisotopic (exact) mass is 418 g/mol. The van der Waals surface area contributed by atoms with E-state index in [1.807, 2.05) is 6.92 Å². The van der Waals surface area contributed by atoms with Gasteiger partial charge in [-0.25, -0.2) is 13.2 Å². The number of para-hydroxylation sites is 1. The van der Waals surface area contributed by atoms with Crippen LogP contribution in [0.4, 0.5) is 11.4 Å². The molecule has 2 aromatic carbocycles. The fourth-order valence-corrected chi connectivity index (χ4v) is 3.91. The average molecular weight is 418 g/mol. The van der Waals surface area contributed by atoms with Crippen molar-refractivity contribution >= 4 is 33.3 Å². The first-order chi connectivity index (χ1) is 13.7. The van der Waals surface area contributed by atoms with E-state index in [4.69, 9.17) is 9.47 Å². The van der Waals surface area contributed by atoms with Crippen molar-refractivity contribution in [3.05, 3.63) is 53.6 Å². The topological polar surface area (TPSA) is 102 Å². The molecule has 1 aliphatic heterocycles. The summed E-state index contributed by atoms with van der Waals surface area (Å²) in [6.45, 7) is 3.55. The molecule has 1 atom stereocenters. The van der Waals surface area contributed by atoms with Gasteiger partial charge in [0.1, 0.15) is 5.75 Å². The van der Waals surface area contributed by atoms with Crippen molar-refractivity contribution in [2.24, 2.45) is 0 Å². The summed E-state index contributed by atoms with van der Waals surface area (Å²) in [6, 6.07) is 11.5. The molecule has 1 aliphatic rings. The van der Waals surface area contributed by atoms with Gasteiger partial charge in [-0.2, -0.15) is 0 Å². The number of esters is 1. The number of carbonyl (C=O) groups excluding carboxylic acids is 2. The first kappa shape index (κ1) is 20.7. The van der Waals surface area contributed by atoms with Crippen molar-refractivity contribution in [1.29, 1.82) is 0 Å². The van der Waals surface area contributed by atoms with Gasteiger partial charge in [0.05, 0.1) is 36.3 Å². The molecular formula is C20H22N2O6S. The average Bonchev–Trinajstić information content (AvgIpc) is 2.67. The zero-order valence-corrected chi connectivity index (χ0v) is 17.2. The molecule has 9 heteroatoms. The molecule has 0 radical (unpaired) electrons. The van der Waals surface area contributed by atoms with Crippen molar-refractivity contribution in [2.75, 3.05) is 29.0 Å². The molecule has 29 heavy (non-hydrogen) atoms. The fourth-order valence-electron chi connectivity index (χ4n) is 3.00. The highest BCUT2D eigenvalue weighted by atomic mass is 32.2. The van der Waals surface area contributed by atoms with Crippen molar-refractivity contribution in [1.82, 2.24) is 0 Å². The molecule has 0 bridgehead atoms. The number of carbonyl (C=O) groups is 2. The maximum absolute atomic E-state index is 12.8. The number of ether oxygens (including phenoxy) is 2. The Bertz CT molecular complexity index is 1050. The Hall–Kier alpha value is -3.07. The van der Waals surface area contributed by atoms with E-state index in [1.54, 1.807) is 43.3 Å². The van der Waals surface area contributed by atoms with Crippen LogP contribution in [0.15, 0.2) is 42.5 Å². The smallest absolute Gasteiger partial charge is 0.340 e. The third-order valence-corrected chi connectivity index (χ3v) is 5.50. The van der Waals surface area contributed by atoms with Crippen molar-refractivity contribution in [3.8, 4) is 5.75 Å². The van der Waals surface area contributed by atoms with Crippen LogP contribution in [0.5, 0.6) is 5.75 Å². The summed E-state index contributed by atoms with van der Waals surface area (Å²) in [4.78, 5) is 24.9. The van der Waals surface area contributed by atoms with Crippen LogP contribution in [0.1, 0.15) is 22.8 Å². The van der Waals surface area contributed by atoms with E-state index < -0.39 is 28.0 Å². The summed E-state index contributed by atoms with van der Waals surface area (Å²) in [6.07, 6.45) is -0.00897. The molecule has 3 rings (SSSR count). The number of anilines is 2. The lowest BCUT2D eigenvalue weighted by atomic mass is 10.1. The lowest BCUT2D eigenvalue weighted by molar-refractivity contribution is -0.122. The van der Waals surface area contributed by atoms with Gasteiger partial charge in [-0.3, -0.25) is 9.10 Å². The number of nitrogens with one attached hydrogen (secondary N) is 1. The quantitative estimate of drug-likeness (QED) is 0.748. The number of aryl methyl sites for hydroxylation is 1. The third kappa shape index (κ3) is 4.51. The number of amides is 1. The van der Waals surface area contributed by atoms with Crippen molar-refractivity contribution in [2.45, 2.75) is 20.0 Å². The van der Waals surface area contributed by atoms with E-state index in [1.165, 1.54) is 6.07 Å². The summed E-state index contributed by atoms with van der Waals surface area (Å²) in [5.74, 6) is -0.834. The summed E-state index contributed by atoms with van der Waals surface area (Å²) in [5.41, 5.74) is 1.73. The Labute approximate surface area is 169 Å². The second-order valence-corrected chi connectivity index (χ2v) is 8.53. The number of hydrogen-bond acceptors (Lipinski definition) is 6. The van der Waals surface area contributed by atoms with Gasteiger partial charge >= 0.3 is 5.97 Å². The molecule has 8 nitrogen and oxygen atoms in total. The van der Waals surface area contributed by atoms with E-state index in [2.05, 4.69) is 5.32 Å². The van der Waals surface area contributed by atoms with Gasteiger partial charge in [-0.1, -0.05) is 18.2 Å². The number of benzene rings is 2.